The first-order valence-electron chi connectivity index (χ1n) is 6.31. The van der Waals surface area contributed by atoms with E-state index < -0.39 is 0 Å². The summed E-state index contributed by atoms with van der Waals surface area (Å²) in [6.07, 6.45) is 1.04. The molecule has 2 atom stereocenters. The fourth-order valence-corrected chi connectivity index (χ4v) is 2.99. The first kappa shape index (κ1) is 13.8. The van der Waals surface area contributed by atoms with E-state index in [2.05, 4.69) is 46.8 Å². The van der Waals surface area contributed by atoms with Crippen LogP contribution in [0, 0.1) is 9.49 Å². The molecular formula is C14H19IN2O. The number of halogens is 1. The van der Waals surface area contributed by atoms with E-state index >= 15 is 0 Å². The second-order valence-corrected chi connectivity index (χ2v) is 6.36. The number of carbonyl (C=O) groups excluding carboxylic acids is 1. The number of carbonyl (C=O) groups is 1. The van der Waals surface area contributed by atoms with Crippen molar-refractivity contribution in [2.75, 3.05) is 20.1 Å². The topological polar surface area (TPSA) is 32.3 Å². The van der Waals surface area contributed by atoms with Gasteiger partial charge in [-0.1, -0.05) is 13.0 Å². The van der Waals surface area contributed by atoms with Gasteiger partial charge >= 0.3 is 0 Å². The Bertz CT molecular complexity index is 436. The van der Waals surface area contributed by atoms with Gasteiger partial charge in [-0.3, -0.25) is 4.79 Å². The molecule has 3 nitrogen and oxygen atoms in total. The smallest absolute Gasteiger partial charge is 0.251 e. The summed E-state index contributed by atoms with van der Waals surface area (Å²) < 4.78 is 1.09. The second kappa shape index (κ2) is 6.02. The van der Waals surface area contributed by atoms with Crippen LogP contribution in [0.1, 0.15) is 23.7 Å². The number of rotatable bonds is 2. The molecule has 1 heterocycles. The first-order chi connectivity index (χ1) is 8.56. The Labute approximate surface area is 122 Å². The third-order valence-electron chi connectivity index (χ3n) is 3.51. The van der Waals surface area contributed by atoms with Crippen LogP contribution in [0.25, 0.3) is 0 Å². The summed E-state index contributed by atoms with van der Waals surface area (Å²) in [7, 11) is 2.13. The lowest BCUT2D eigenvalue weighted by molar-refractivity contribution is 0.0884. The molecule has 1 aliphatic heterocycles. The second-order valence-electron chi connectivity index (χ2n) is 5.12. The molecule has 1 saturated heterocycles. The van der Waals surface area contributed by atoms with Crippen molar-refractivity contribution < 1.29 is 4.79 Å². The van der Waals surface area contributed by atoms with Crippen LogP contribution in [-0.2, 0) is 0 Å². The monoisotopic (exact) mass is 358 g/mol. The van der Waals surface area contributed by atoms with Crippen molar-refractivity contribution in [1.82, 2.24) is 10.2 Å². The number of hydrogen-bond donors (Lipinski definition) is 1. The van der Waals surface area contributed by atoms with Crippen molar-refractivity contribution in [2.24, 2.45) is 5.92 Å². The third-order valence-corrected chi connectivity index (χ3v) is 4.18. The van der Waals surface area contributed by atoms with Crippen LogP contribution in [-0.4, -0.2) is 37.0 Å². The molecule has 1 aromatic carbocycles. The standard InChI is InChI=1S/C14H19IN2O/c1-10-9-17(2)7-6-13(10)16-14(18)11-4-3-5-12(15)8-11/h3-5,8,10,13H,6-7,9H2,1-2H3,(H,16,18). The number of piperidine rings is 1. The average Bonchev–Trinajstić information content (AvgIpc) is 2.32. The van der Waals surface area contributed by atoms with Crippen molar-refractivity contribution in [3.63, 3.8) is 0 Å². The Balaban J connectivity index is 1.99. The van der Waals surface area contributed by atoms with E-state index in [0.717, 1.165) is 28.6 Å². The predicted octanol–water partition coefficient (Wildman–Crippen LogP) is 2.36. The van der Waals surface area contributed by atoms with Gasteiger partial charge in [0.25, 0.3) is 5.91 Å². The summed E-state index contributed by atoms with van der Waals surface area (Å²) in [6.45, 7) is 4.31. The molecule has 1 aromatic rings. The molecule has 2 unspecified atom stereocenters. The van der Waals surface area contributed by atoms with E-state index in [4.69, 9.17) is 0 Å². The Morgan fingerprint density at radius 1 is 1.50 bits per heavy atom. The largest absolute Gasteiger partial charge is 0.349 e. The minimum Gasteiger partial charge on any atom is -0.349 e. The molecule has 1 aliphatic rings. The number of amides is 1. The van der Waals surface area contributed by atoms with Gasteiger partial charge in [-0.2, -0.15) is 0 Å². The van der Waals surface area contributed by atoms with Gasteiger partial charge in [0.2, 0.25) is 0 Å². The number of hydrogen-bond acceptors (Lipinski definition) is 2. The Hall–Kier alpha value is -0.620. The van der Waals surface area contributed by atoms with E-state index in [-0.39, 0.29) is 5.91 Å². The zero-order valence-corrected chi connectivity index (χ0v) is 13.0. The van der Waals surface area contributed by atoms with Crippen molar-refractivity contribution in [3.8, 4) is 0 Å². The van der Waals surface area contributed by atoms with Crippen LogP contribution < -0.4 is 5.32 Å². The highest BCUT2D eigenvalue weighted by molar-refractivity contribution is 14.1. The molecule has 0 saturated carbocycles. The molecule has 1 N–H and O–H groups in total. The molecular weight excluding hydrogens is 339 g/mol. The van der Waals surface area contributed by atoms with Crippen LogP contribution in [0.2, 0.25) is 0 Å². The maximum Gasteiger partial charge on any atom is 0.251 e. The predicted molar refractivity (Wildman–Crippen MR) is 81.7 cm³/mol. The van der Waals surface area contributed by atoms with E-state index in [9.17, 15) is 4.79 Å². The lowest BCUT2D eigenvalue weighted by atomic mass is 9.94. The normalized spacial score (nSPS) is 24.8. The fraction of sp³-hybridized carbons (Fsp3) is 0.500. The van der Waals surface area contributed by atoms with Gasteiger partial charge in [0, 0.05) is 21.7 Å². The highest BCUT2D eigenvalue weighted by Crippen LogP contribution is 2.16. The molecule has 18 heavy (non-hydrogen) atoms. The summed E-state index contributed by atoms with van der Waals surface area (Å²) in [5.41, 5.74) is 0.757. The highest BCUT2D eigenvalue weighted by atomic mass is 127. The lowest BCUT2D eigenvalue weighted by Crippen LogP contribution is -2.48. The van der Waals surface area contributed by atoms with E-state index in [1.807, 2.05) is 24.3 Å². The van der Waals surface area contributed by atoms with Crippen molar-refractivity contribution in [3.05, 3.63) is 33.4 Å². The first-order valence-corrected chi connectivity index (χ1v) is 7.39. The summed E-state index contributed by atoms with van der Waals surface area (Å²) in [4.78, 5) is 14.5. The number of likely N-dealkylation sites (tertiary alicyclic amines) is 1. The molecule has 0 bridgehead atoms. The summed E-state index contributed by atoms with van der Waals surface area (Å²) >= 11 is 2.23. The Morgan fingerprint density at radius 3 is 2.94 bits per heavy atom. The maximum absolute atomic E-state index is 12.2. The molecule has 0 radical (unpaired) electrons. The van der Waals surface area contributed by atoms with Crippen LogP contribution in [0.3, 0.4) is 0 Å². The number of benzene rings is 1. The highest BCUT2D eigenvalue weighted by Gasteiger charge is 2.25. The van der Waals surface area contributed by atoms with Crippen molar-refractivity contribution in [1.29, 1.82) is 0 Å². The van der Waals surface area contributed by atoms with Crippen LogP contribution in [0.5, 0.6) is 0 Å². The van der Waals surface area contributed by atoms with Crippen LogP contribution in [0.15, 0.2) is 24.3 Å². The third kappa shape index (κ3) is 3.45. The van der Waals surface area contributed by atoms with E-state index in [1.54, 1.807) is 0 Å². The molecule has 0 aliphatic carbocycles. The van der Waals surface area contributed by atoms with Crippen molar-refractivity contribution in [2.45, 2.75) is 19.4 Å². The summed E-state index contributed by atoms with van der Waals surface area (Å²) in [5.74, 6) is 0.561. The van der Waals surface area contributed by atoms with Gasteiger partial charge in [0.05, 0.1) is 0 Å². The van der Waals surface area contributed by atoms with Gasteiger partial charge in [-0.05, 0) is 66.7 Å². The van der Waals surface area contributed by atoms with Gasteiger partial charge in [0.1, 0.15) is 0 Å². The molecule has 98 valence electrons. The van der Waals surface area contributed by atoms with E-state index in [0.29, 0.717) is 12.0 Å². The van der Waals surface area contributed by atoms with Gasteiger partial charge < -0.3 is 10.2 Å². The van der Waals surface area contributed by atoms with Crippen LogP contribution >= 0.6 is 22.6 Å². The summed E-state index contributed by atoms with van der Waals surface area (Å²) in [6, 6.07) is 8.02. The lowest BCUT2D eigenvalue weighted by Gasteiger charge is -2.35. The fourth-order valence-electron chi connectivity index (χ4n) is 2.45. The number of nitrogens with one attached hydrogen (secondary N) is 1. The minimum absolute atomic E-state index is 0.0509. The Kier molecular flexibility index (Phi) is 4.61. The zero-order valence-electron chi connectivity index (χ0n) is 10.8. The van der Waals surface area contributed by atoms with Crippen LogP contribution in [0.4, 0.5) is 0 Å². The number of nitrogens with zero attached hydrogens (tertiary/aromatic N) is 1. The molecule has 0 aromatic heterocycles. The SMILES string of the molecule is CC1CN(C)CCC1NC(=O)c1cccc(I)c1. The molecule has 2 rings (SSSR count). The molecule has 1 fully saturated rings. The maximum atomic E-state index is 12.2. The zero-order chi connectivity index (χ0) is 13.1. The minimum atomic E-state index is 0.0509. The summed E-state index contributed by atoms with van der Waals surface area (Å²) in [5, 5.41) is 3.16. The van der Waals surface area contributed by atoms with E-state index in [1.165, 1.54) is 0 Å². The molecule has 0 spiro atoms. The van der Waals surface area contributed by atoms with Gasteiger partial charge in [0.15, 0.2) is 0 Å². The quantitative estimate of drug-likeness (QED) is 0.824. The van der Waals surface area contributed by atoms with Gasteiger partial charge in [-0.15, -0.1) is 0 Å². The van der Waals surface area contributed by atoms with Gasteiger partial charge in [-0.25, -0.2) is 0 Å². The Morgan fingerprint density at radius 2 is 2.28 bits per heavy atom. The average molecular weight is 358 g/mol. The molecule has 1 amide bonds. The molecule has 4 heteroatoms. The van der Waals surface area contributed by atoms with Crippen molar-refractivity contribution >= 4 is 28.5 Å².